The SMILES string of the molecule is [c]1cc2s[c]cn2n1. The summed E-state index contributed by atoms with van der Waals surface area (Å²) in [5.41, 5.74) is 0. The normalized spacial score (nSPS) is 10.5. The Morgan fingerprint density at radius 1 is 1.75 bits per heavy atom. The quantitative estimate of drug-likeness (QED) is 0.509. The number of nitrogens with zero attached hydrogens (tertiary/aromatic N) is 2. The van der Waals surface area contributed by atoms with Crippen molar-refractivity contribution >= 4 is 16.2 Å². The van der Waals surface area contributed by atoms with Gasteiger partial charge in [0.2, 0.25) is 0 Å². The third-order valence-corrected chi connectivity index (χ3v) is 1.66. The number of aromatic nitrogens is 2. The Morgan fingerprint density at radius 3 is 3.62 bits per heavy atom. The topological polar surface area (TPSA) is 17.3 Å². The van der Waals surface area contributed by atoms with E-state index in [2.05, 4.69) is 16.7 Å². The maximum Gasteiger partial charge on any atom is 0.120 e. The third kappa shape index (κ3) is 0.391. The highest BCUT2D eigenvalue weighted by Crippen LogP contribution is 2.06. The largest absolute Gasteiger partial charge is 0.229 e. The fraction of sp³-hybridized carbons (Fsp3) is 0. The number of rotatable bonds is 0. The first-order valence-corrected chi connectivity index (χ1v) is 3.00. The number of thiazole rings is 1. The van der Waals surface area contributed by atoms with Crippen LogP contribution < -0.4 is 0 Å². The minimum absolute atomic E-state index is 1.09. The molecule has 0 unspecified atom stereocenters. The van der Waals surface area contributed by atoms with Crippen molar-refractivity contribution < 1.29 is 0 Å². The van der Waals surface area contributed by atoms with E-state index in [1.807, 2.05) is 6.07 Å². The van der Waals surface area contributed by atoms with Crippen LogP contribution in [-0.2, 0) is 0 Å². The van der Waals surface area contributed by atoms with Crippen LogP contribution in [-0.4, -0.2) is 9.61 Å². The summed E-state index contributed by atoms with van der Waals surface area (Å²) in [5, 5.41) is 6.79. The molecule has 2 rings (SSSR count). The maximum atomic E-state index is 3.85. The molecule has 0 fully saturated rings. The molecule has 2 heterocycles. The summed E-state index contributed by atoms with van der Waals surface area (Å²) in [6, 6.07) is 1.83. The van der Waals surface area contributed by atoms with Crippen LogP contribution >= 0.6 is 11.3 Å². The van der Waals surface area contributed by atoms with Crippen molar-refractivity contribution in [2.75, 3.05) is 0 Å². The van der Waals surface area contributed by atoms with Crippen LogP contribution in [0.1, 0.15) is 0 Å². The predicted octanol–water partition coefficient (Wildman–Crippen LogP) is 0.996. The zero-order valence-corrected chi connectivity index (χ0v) is 4.77. The van der Waals surface area contributed by atoms with Gasteiger partial charge in [-0.1, -0.05) is 0 Å². The van der Waals surface area contributed by atoms with Crippen LogP contribution in [0.3, 0.4) is 0 Å². The molecule has 0 saturated carbocycles. The predicted molar refractivity (Wildman–Crippen MR) is 30.7 cm³/mol. The molecular formula is C5H2N2S. The molecule has 0 atom stereocenters. The van der Waals surface area contributed by atoms with Crippen molar-refractivity contribution in [2.24, 2.45) is 0 Å². The Morgan fingerprint density at radius 2 is 2.75 bits per heavy atom. The van der Waals surface area contributed by atoms with E-state index < -0.39 is 0 Å². The van der Waals surface area contributed by atoms with Crippen molar-refractivity contribution in [3.05, 3.63) is 23.8 Å². The molecule has 0 aliphatic rings. The average Bonchev–Trinajstić information content (AvgIpc) is 2.15. The van der Waals surface area contributed by atoms with Gasteiger partial charge >= 0.3 is 0 Å². The van der Waals surface area contributed by atoms with Gasteiger partial charge in [-0.15, -0.1) is 11.3 Å². The van der Waals surface area contributed by atoms with E-state index in [-0.39, 0.29) is 0 Å². The van der Waals surface area contributed by atoms with Crippen molar-refractivity contribution in [1.82, 2.24) is 9.61 Å². The van der Waals surface area contributed by atoms with Crippen molar-refractivity contribution in [3.8, 4) is 0 Å². The van der Waals surface area contributed by atoms with Gasteiger partial charge in [-0.3, -0.25) is 0 Å². The Labute approximate surface area is 50.4 Å². The summed E-state index contributed by atoms with van der Waals surface area (Å²) >= 11 is 1.54. The molecule has 0 aliphatic carbocycles. The van der Waals surface area contributed by atoms with Crippen LogP contribution in [0, 0.1) is 11.6 Å². The average molecular weight is 122 g/mol. The maximum absolute atomic E-state index is 3.85. The van der Waals surface area contributed by atoms with E-state index in [0.717, 1.165) is 4.83 Å². The second kappa shape index (κ2) is 1.32. The first-order valence-electron chi connectivity index (χ1n) is 2.18. The fourth-order valence-electron chi connectivity index (χ4n) is 0.567. The molecule has 0 N–H and O–H groups in total. The van der Waals surface area contributed by atoms with Crippen LogP contribution in [0.25, 0.3) is 4.83 Å². The fourth-order valence-corrected chi connectivity index (χ4v) is 1.14. The minimum atomic E-state index is 1.09. The van der Waals surface area contributed by atoms with E-state index in [0.29, 0.717) is 0 Å². The summed E-state index contributed by atoms with van der Waals surface area (Å²) in [6.45, 7) is 0. The lowest BCUT2D eigenvalue weighted by atomic mass is 10.8. The lowest BCUT2D eigenvalue weighted by Gasteiger charge is -1.71. The lowest BCUT2D eigenvalue weighted by molar-refractivity contribution is 0.972. The number of hydrogen-bond donors (Lipinski definition) is 0. The van der Waals surface area contributed by atoms with Crippen LogP contribution in [0.15, 0.2) is 12.3 Å². The molecule has 2 nitrogen and oxygen atoms in total. The van der Waals surface area contributed by atoms with E-state index in [1.54, 1.807) is 10.7 Å². The van der Waals surface area contributed by atoms with Gasteiger partial charge in [0.1, 0.15) is 11.0 Å². The molecule has 2 aromatic rings. The first kappa shape index (κ1) is 4.09. The summed E-state index contributed by atoms with van der Waals surface area (Å²) < 4.78 is 1.74. The van der Waals surface area contributed by atoms with Gasteiger partial charge in [0.15, 0.2) is 0 Å². The number of fused-ring (bicyclic) bond motifs is 1. The zero-order valence-electron chi connectivity index (χ0n) is 3.96. The Hall–Kier alpha value is -0.830. The molecule has 0 amide bonds. The van der Waals surface area contributed by atoms with Gasteiger partial charge in [-0.05, 0) is 0 Å². The Kier molecular flexibility index (Phi) is 0.676. The van der Waals surface area contributed by atoms with Gasteiger partial charge in [-0.25, -0.2) is 4.52 Å². The second-order valence-electron chi connectivity index (χ2n) is 1.41. The zero-order chi connectivity index (χ0) is 5.40. The highest BCUT2D eigenvalue weighted by Gasteiger charge is 1.89. The molecule has 0 saturated heterocycles. The lowest BCUT2D eigenvalue weighted by Crippen LogP contribution is -1.74. The highest BCUT2D eigenvalue weighted by atomic mass is 32.1. The van der Waals surface area contributed by atoms with Gasteiger partial charge in [0.25, 0.3) is 0 Å². The molecule has 0 aromatic carbocycles. The summed E-state index contributed by atoms with van der Waals surface area (Å²) in [6.07, 6.45) is 4.51. The molecule has 0 aliphatic heterocycles. The summed E-state index contributed by atoms with van der Waals surface area (Å²) in [4.78, 5) is 1.09. The monoisotopic (exact) mass is 122 g/mol. The van der Waals surface area contributed by atoms with Gasteiger partial charge in [0.05, 0.1) is 5.38 Å². The Balaban J connectivity index is 3.06. The van der Waals surface area contributed by atoms with Gasteiger partial charge < -0.3 is 0 Å². The molecular weight excluding hydrogens is 120 g/mol. The summed E-state index contributed by atoms with van der Waals surface area (Å²) in [7, 11) is 0. The number of hydrogen-bond acceptors (Lipinski definition) is 2. The van der Waals surface area contributed by atoms with E-state index in [1.165, 1.54) is 11.3 Å². The van der Waals surface area contributed by atoms with Crippen LogP contribution in [0.5, 0.6) is 0 Å². The smallest absolute Gasteiger partial charge is 0.120 e. The standard InChI is InChI=1S/C5H2N2S/c1-2-6-7-3-4-8-5(1)7/h1,3H. The summed E-state index contributed by atoms with van der Waals surface area (Å²) in [5.74, 6) is 0. The van der Waals surface area contributed by atoms with Crippen molar-refractivity contribution in [1.29, 1.82) is 0 Å². The molecule has 2 radical (unpaired) electrons. The van der Waals surface area contributed by atoms with Gasteiger partial charge in [-0.2, -0.15) is 5.10 Å². The van der Waals surface area contributed by atoms with Gasteiger partial charge in [0, 0.05) is 12.3 Å². The van der Waals surface area contributed by atoms with Crippen molar-refractivity contribution in [2.45, 2.75) is 0 Å². The minimum Gasteiger partial charge on any atom is -0.229 e. The van der Waals surface area contributed by atoms with Crippen molar-refractivity contribution in [3.63, 3.8) is 0 Å². The Bertz CT molecular complexity index is 232. The highest BCUT2D eigenvalue weighted by molar-refractivity contribution is 7.15. The third-order valence-electron chi connectivity index (χ3n) is 0.918. The van der Waals surface area contributed by atoms with Crippen LogP contribution in [0.4, 0.5) is 0 Å². The molecule has 0 bridgehead atoms. The first-order chi connectivity index (χ1) is 3.97. The molecule has 38 valence electrons. The molecule has 0 spiro atoms. The van der Waals surface area contributed by atoms with Crippen LogP contribution in [0.2, 0.25) is 0 Å². The second-order valence-corrected chi connectivity index (χ2v) is 2.26. The van der Waals surface area contributed by atoms with E-state index in [4.69, 9.17) is 0 Å². The van der Waals surface area contributed by atoms with E-state index in [9.17, 15) is 0 Å². The molecule has 8 heavy (non-hydrogen) atoms. The molecule has 3 heteroatoms. The molecule has 2 aromatic heterocycles. The van der Waals surface area contributed by atoms with E-state index >= 15 is 0 Å².